The van der Waals surface area contributed by atoms with Crippen LogP contribution < -0.4 is 0 Å². The molecule has 0 N–H and O–H groups in total. The van der Waals surface area contributed by atoms with Crippen LogP contribution >= 0.6 is 11.6 Å². The van der Waals surface area contributed by atoms with Crippen LogP contribution in [0.3, 0.4) is 0 Å². The molecule has 164 valence electrons. The second-order valence-electron chi connectivity index (χ2n) is 6.60. The number of hydrogen-bond donors (Lipinski definition) is 0. The predicted molar refractivity (Wildman–Crippen MR) is 113 cm³/mol. The summed E-state index contributed by atoms with van der Waals surface area (Å²) in [5.74, 6) is -0.334. The highest BCUT2D eigenvalue weighted by Crippen LogP contribution is 2.20. The van der Waals surface area contributed by atoms with E-state index in [1.165, 1.54) is 57.9 Å². The molecular weight excluding hydrogens is 448 g/mol. The topological polar surface area (TPSA) is 122 Å². The van der Waals surface area contributed by atoms with Gasteiger partial charge < -0.3 is 9.74 Å². The predicted octanol–water partition coefficient (Wildman–Crippen LogP) is 2.13. The van der Waals surface area contributed by atoms with Crippen molar-refractivity contribution in [3.05, 3.63) is 69.2 Å². The smallest absolute Gasteiger partial charge is 0.270 e. The van der Waals surface area contributed by atoms with Crippen LogP contribution in [0.1, 0.15) is 5.56 Å². The average Bonchev–Trinajstić information content (AvgIpc) is 2.77. The van der Waals surface area contributed by atoms with Gasteiger partial charge in [-0.15, -0.1) is 0 Å². The van der Waals surface area contributed by atoms with Gasteiger partial charge in [0.05, 0.1) is 16.0 Å². The van der Waals surface area contributed by atoms with Gasteiger partial charge in [-0.3, -0.25) is 14.9 Å². The molecule has 1 amide bonds. The third kappa shape index (κ3) is 5.78. The standard InChI is InChI=1S/C19H19ClN4O6S/c20-16-4-6-18(7-5-16)31(28,29)23-10-8-22(9-11-23)19(25)14-30-21-13-15-2-1-3-17(12-15)24(26)27/h1-7,12-13H,8-11,14H2. The van der Waals surface area contributed by atoms with E-state index < -0.39 is 14.9 Å². The Morgan fingerprint density at radius 3 is 2.48 bits per heavy atom. The van der Waals surface area contributed by atoms with Crippen molar-refractivity contribution in [2.24, 2.45) is 5.16 Å². The van der Waals surface area contributed by atoms with Gasteiger partial charge >= 0.3 is 0 Å². The number of nitrogens with zero attached hydrogens (tertiary/aromatic N) is 4. The maximum Gasteiger partial charge on any atom is 0.270 e. The van der Waals surface area contributed by atoms with E-state index in [1.807, 2.05) is 0 Å². The molecule has 3 rings (SSSR count). The molecule has 0 spiro atoms. The zero-order chi connectivity index (χ0) is 22.4. The quantitative estimate of drug-likeness (QED) is 0.350. The number of oxime groups is 1. The van der Waals surface area contributed by atoms with Crippen LogP contribution in [-0.2, 0) is 19.7 Å². The lowest BCUT2D eigenvalue weighted by Gasteiger charge is -2.33. The van der Waals surface area contributed by atoms with Gasteiger partial charge in [0.25, 0.3) is 11.6 Å². The van der Waals surface area contributed by atoms with Crippen LogP contribution in [0.2, 0.25) is 5.02 Å². The van der Waals surface area contributed by atoms with E-state index >= 15 is 0 Å². The zero-order valence-electron chi connectivity index (χ0n) is 16.3. The van der Waals surface area contributed by atoms with Gasteiger partial charge in [0.15, 0.2) is 6.61 Å². The molecule has 31 heavy (non-hydrogen) atoms. The van der Waals surface area contributed by atoms with Gasteiger partial charge in [0.2, 0.25) is 10.0 Å². The monoisotopic (exact) mass is 466 g/mol. The first kappa shape index (κ1) is 22.7. The summed E-state index contributed by atoms with van der Waals surface area (Å²) in [5.41, 5.74) is 0.383. The van der Waals surface area contributed by atoms with Gasteiger partial charge in [0, 0.05) is 48.9 Å². The Hall–Kier alpha value is -3.02. The Bertz CT molecular complexity index is 1080. The van der Waals surface area contributed by atoms with E-state index in [-0.39, 0.29) is 49.3 Å². The number of hydrogen-bond acceptors (Lipinski definition) is 7. The number of sulfonamides is 1. The lowest BCUT2D eigenvalue weighted by Crippen LogP contribution is -2.51. The summed E-state index contributed by atoms with van der Waals surface area (Å²) in [4.78, 5) is 29.1. The molecule has 0 bridgehead atoms. The molecule has 0 unspecified atom stereocenters. The van der Waals surface area contributed by atoms with Crippen LogP contribution in [0.25, 0.3) is 0 Å². The summed E-state index contributed by atoms with van der Waals surface area (Å²) in [6.45, 7) is 0.448. The summed E-state index contributed by atoms with van der Waals surface area (Å²) in [7, 11) is -3.66. The molecule has 1 aliphatic rings. The van der Waals surface area contributed by atoms with Crippen molar-refractivity contribution < 1.29 is 23.0 Å². The molecule has 12 heteroatoms. The second-order valence-corrected chi connectivity index (χ2v) is 8.97. The number of rotatable bonds is 7. The Balaban J connectivity index is 1.48. The van der Waals surface area contributed by atoms with Gasteiger partial charge in [0.1, 0.15) is 0 Å². The lowest BCUT2D eigenvalue weighted by molar-refractivity contribution is -0.384. The molecule has 1 heterocycles. The number of halogens is 1. The van der Waals surface area contributed by atoms with Crippen molar-refractivity contribution in [2.75, 3.05) is 32.8 Å². The molecule has 1 saturated heterocycles. The number of benzene rings is 2. The van der Waals surface area contributed by atoms with Crippen molar-refractivity contribution in [3.63, 3.8) is 0 Å². The Kier molecular flexibility index (Phi) is 7.21. The Morgan fingerprint density at radius 1 is 1.16 bits per heavy atom. The molecular formula is C19H19ClN4O6S. The minimum atomic E-state index is -3.66. The van der Waals surface area contributed by atoms with Gasteiger partial charge in [-0.05, 0) is 24.3 Å². The number of non-ortho nitro benzene ring substituents is 1. The molecule has 0 saturated carbocycles. The number of carbonyl (C=O) groups is 1. The fraction of sp³-hybridized carbons (Fsp3) is 0.263. The fourth-order valence-corrected chi connectivity index (χ4v) is 4.48. The Morgan fingerprint density at radius 2 is 1.84 bits per heavy atom. The summed E-state index contributed by atoms with van der Waals surface area (Å²) in [5, 5.41) is 14.9. The van der Waals surface area contributed by atoms with Gasteiger partial charge in [-0.25, -0.2) is 8.42 Å². The summed E-state index contributed by atoms with van der Waals surface area (Å²) >= 11 is 5.81. The minimum absolute atomic E-state index is 0.0774. The molecule has 0 radical (unpaired) electrons. The summed E-state index contributed by atoms with van der Waals surface area (Å²) in [6.07, 6.45) is 1.27. The first-order valence-corrected chi connectivity index (χ1v) is 11.0. The molecule has 1 aliphatic heterocycles. The maximum atomic E-state index is 12.7. The summed E-state index contributed by atoms with van der Waals surface area (Å²) in [6, 6.07) is 11.7. The average molecular weight is 467 g/mol. The van der Waals surface area contributed by atoms with Crippen molar-refractivity contribution >= 4 is 39.4 Å². The van der Waals surface area contributed by atoms with Crippen LogP contribution in [0, 0.1) is 10.1 Å². The van der Waals surface area contributed by atoms with E-state index in [4.69, 9.17) is 16.4 Å². The number of nitro groups is 1. The highest BCUT2D eigenvalue weighted by atomic mass is 35.5. The SMILES string of the molecule is O=C(CON=Cc1cccc([N+](=O)[O-])c1)N1CCN(S(=O)(=O)c2ccc(Cl)cc2)CC1. The van der Waals surface area contributed by atoms with Crippen molar-refractivity contribution in [1.82, 2.24) is 9.21 Å². The molecule has 1 fully saturated rings. The van der Waals surface area contributed by atoms with Crippen LogP contribution in [-0.4, -0.2) is 67.5 Å². The van der Waals surface area contributed by atoms with Gasteiger partial charge in [-0.1, -0.05) is 28.9 Å². The number of amides is 1. The van der Waals surface area contributed by atoms with E-state index in [2.05, 4.69) is 5.16 Å². The second kappa shape index (κ2) is 9.86. The fourth-order valence-electron chi connectivity index (χ4n) is 2.93. The van der Waals surface area contributed by atoms with Gasteiger partial charge in [-0.2, -0.15) is 4.31 Å². The highest BCUT2D eigenvalue weighted by molar-refractivity contribution is 7.89. The van der Waals surface area contributed by atoms with E-state index in [0.717, 1.165) is 0 Å². The van der Waals surface area contributed by atoms with Crippen molar-refractivity contribution in [3.8, 4) is 0 Å². The van der Waals surface area contributed by atoms with Crippen molar-refractivity contribution in [1.29, 1.82) is 0 Å². The molecule has 2 aromatic carbocycles. The number of nitro benzene ring substituents is 1. The van der Waals surface area contributed by atoms with E-state index in [9.17, 15) is 23.3 Å². The molecule has 10 nitrogen and oxygen atoms in total. The number of carbonyl (C=O) groups excluding carboxylic acids is 1. The maximum absolute atomic E-state index is 12.7. The minimum Gasteiger partial charge on any atom is -0.386 e. The lowest BCUT2D eigenvalue weighted by atomic mass is 10.2. The van der Waals surface area contributed by atoms with Crippen molar-refractivity contribution in [2.45, 2.75) is 4.90 Å². The third-order valence-electron chi connectivity index (χ3n) is 4.59. The van der Waals surface area contributed by atoms with Crippen LogP contribution in [0.5, 0.6) is 0 Å². The van der Waals surface area contributed by atoms with Crippen LogP contribution in [0.4, 0.5) is 5.69 Å². The Labute approximate surface area is 183 Å². The van der Waals surface area contributed by atoms with E-state index in [1.54, 1.807) is 6.07 Å². The zero-order valence-corrected chi connectivity index (χ0v) is 17.8. The molecule has 0 aliphatic carbocycles. The highest BCUT2D eigenvalue weighted by Gasteiger charge is 2.30. The van der Waals surface area contributed by atoms with Crippen LogP contribution in [0.15, 0.2) is 58.6 Å². The molecule has 0 atom stereocenters. The first-order chi connectivity index (χ1) is 14.8. The normalized spacial score (nSPS) is 15.2. The summed E-state index contributed by atoms with van der Waals surface area (Å²) < 4.78 is 26.7. The third-order valence-corrected chi connectivity index (χ3v) is 6.75. The molecule has 0 aromatic heterocycles. The largest absolute Gasteiger partial charge is 0.386 e. The molecule has 2 aromatic rings. The van der Waals surface area contributed by atoms with E-state index in [0.29, 0.717) is 10.6 Å². The first-order valence-electron chi connectivity index (χ1n) is 9.20. The number of piperazine rings is 1.